The fraction of sp³-hybridized carbons (Fsp3) is 0.154. The van der Waals surface area contributed by atoms with Crippen molar-refractivity contribution < 1.29 is 14.6 Å². The number of aromatic nitrogens is 1. The number of carbonyl (C=O) groups is 1. The molecule has 7 heteroatoms. The van der Waals surface area contributed by atoms with Gasteiger partial charge >= 0.3 is 5.97 Å². The third-order valence-corrected chi connectivity index (χ3v) is 8.10. The predicted molar refractivity (Wildman–Crippen MR) is 135 cm³/mol. The Bertz CT molecular complexity index is 1320. The molecule has 1 N–H and O–H groups in total. The lowest BCUT2D eigenvalue weighted by molar-refractivity contribution is -0.139. The number of aryl methyl sites for hydroxylation is 1. The Balaban J connectivity index is 1.37. The van der Waals surface area contributed by atoms with Crippen LogP contribution in [0.2, 0.25) is 5.02 Å². The van der Waals surface area contributed by atoms with Crippen molar-refractivity contribution in [2.45, 2.75) is 22.9 Å². The zero-order chi connectivity index (χ0) is 22.8. The van der Waals surface area contributed by atoms with Gasteiger partial charge in [0.05, 0.1) is 5.69 Å². The summed E-state index contributed by atoms with van der Waals surface area (Å²) in [5.41, 5.74) is 6.69. The number of thiazole rings is 1. The molecule has 0 saturated heterocycles. The first-order chi connectivity index (χ1) is 16.1. The number of hydrogen-bond acceptors (Lipinski definition) is 5. The maximum absolute atomic E-state index is 10.9. The molecular weight excluding hydrogens is 474 g/mol. The van der Waals surface area contributed by atoms with Gasteiger partial charge in [0.15, 0.2) is 10.9 Å². The van der Waals surface area contributed by atoms with E-state index in [0.29, 0.717) is 5.75 Å². The molecule has 0 atom stereocenters. The highest BCUT2D eigenvalue weighted by molar-refractivity contribution is 8.00. The van der Waals surface area contributed by atoms with E-state index in [1.54, 1.807) is 23.1 Å². The van der Waals surface area contributed by atoms with Crippen LogP contribution in [0.3, 0.4) is 0 Å². The van der Waals surface area contributed by atoms with Crippen molar-refractivity contribution in [1.29, 1.82) is 0 Å². The van der Waals surface area contributed by atoms with Crippen molar-refractivity contribution in [3.05, 3.63) is 87.8 Å². The monoisotopic (exact) mass is 493 g/mol. The number of thioether (sulfide) groups is 1. The summed E-state index contributed by atoms with van der Waals surface area (Å²) in [6, 6.07) is 22.1. The Kier molecular flexibility index (Phi) is 6.40. The Morgan fingerprint density at radius 3 is 2.64 bits per heavy atom. The van der Waals surface area contributed by atoms with Crippen LogP contribution in [0.1, 0.15) is 16.0 Å². The molecule has 166 valence electrons. The van der Waals surface area contributed by atoms with Gasteiger partial charge in [-0.1, -0.05) is 71.9 Å². The van der Waals surface area contributed by atoms with E-state index in [-0.39, 0.29) is 6.61 Å². The minimum Gasteiger partial charge on any atom is -0.482 e. The smallest absolute Gasteiger partial charge is 0.341 e. The van der Waals surface area contributed by atoms with E-state index in [1.165, 1.54) is 16.0 Å². The fourth-order valence-corrected chi connectivity index (χ4v) is 6.36. The topological polar surface area (TPSA) is 59.4 Å². The van der Waals surface area contributed by atoms with E-state index in [1.807, 2.05) is 30.3 Å². The van der Waals surface area contributed by atoms with Crippen molar-refractivity contribution in [3.8, 4) is 28.1 Å². The first-order valence-corrected chi connectivity index (χ1v) is 12.7. The number of halogens is 1. The average molecular weight is 494 g/mol. The molecule has 4 aromatic rings. The molecule has 4 nitrogen and oxygen atoms in total. The van der Waals surface area contributed by atoms with Crippen molar-refractivity contribution >= 4 is 40.7 Å². The van der Waals surface area contributed by atoms with Crippen LogP contribution in [0, 0.1) is 0 Å². The zero-order valence-electron chi connectivity index (χ0n) is 17.6. The first-order valence-electron chi connectivity index (χ1n) is 10.5. The Labute approximate surface area is 205 Å². The van der Waals surface area contributed by atoms with Crippen molar-refractivity contribution in [2.75, 3.05) is 6.61 Å². The van der Waals surface area contributed by atoms with Gasteiger partial charge in [-0.2, -0.15) is 0 Å². The summed E-state index contributed by atoms with van der Waals surface area (Å²) in [7, 11) is 0. The number of carboxylic acids is 1. The molecule has 0 aliphatic heterocycles. The third kappa shape index (κ3) is 4.78. The number of benzene rings is 3. The summed E-state index contributed by atoms with van der Waals surface area (Å²) in [6.45, 7) is -0.339. The molecule has 1 aromatic heterocycles. The van der Waals surface area contributed by atoms with Crippen LogP contribution in [0.15, 0.2) is 71.1 Å². The van der Waals surface area contributed by atoms with Crippen molar-refractivity contribution in [2.24, 2.45) is 0 Å². The number of fused-ring (bicyclic) bond motifs is 3. The number of nitrogens with zero attached hydrogens (tertiary/aromatic N) is 1. The number of rotatable bonds is 7. The maximum Gasteiger partial charge on any atom is 0.341 e. The highest BCUT2D eigenvalue weighted by Gasteiger charge is 2.24. The summed E-state index contributed by atoms with van der Waals surface area (Å²) in [4.78, 5) is 17.1. The van der Waals surface area contributed by atoms with Crippen LogP contribution < -0.4 is 4.74 Å². The van der Waals surface area contributed by atoms with Gasteiger partial charge in [-0.05, 0) is 47.7 Å². The van der Waals surface area contributed by atoms with Gasteiger partial charge in [0.1, 0.15) is 5.75 Å². The van der Waals surface area contributed by atoms with Crippen molar-refractivity contribution in [3.63, 3.8) is 0 Å². The van der Waals surface area contributed by atoms with E-state index in [4.69, 9.17) is 26.4 Å². The average Bonchev–Trinajstić information content (AvgIpc) is 3.26. The van der Waals surface area contributed by atoms with Gasteiger partial charge < -0.3 is 9.84 Å². The van der Waals surface area contributed by atoms with Crippen LogP contribution in [0.5, 0.6) is 5.75 Å². The molecule has 0 spiro atoms. The molecular formula is C26H20ClNO3S2. The standard InChI is InChI=1S/C26H20ClNO3S2/c27-18-10-8-16(9-11-18)19-5-2-1-4-17(19)15-32-26-28-25-21-6-3-7-22(31-14-24(29)30)20(21)12-13-23(25)33-26/h1-11H,12-15H2,(H,29,30). The predicted octanol–water partition coefficient (Wildman–Crippen LogP) is 6.98. The van der Waals surface area contributed by atoms with Crippen LogP contribution in [0.4, 0.5) is 0 Å². The molecule has 5 rings (SSSR count). The second kappa shape index (κ2) is 9.59. The SMILES string of the molecule is O=C(O)COc1cccc2c1CCc1sc(SCc3ccccc3-c3ccc(Cl)cc3)nc1-2. The lowest BCUT2D eigenvalue weighted by Crippen LogP contribution is -2.12. The highest BCUT2D eigenvalue weighted by atomic mass is 35.5. The molecule has 1 aliphatic rings. The molecule has 0 radical (unpaired) electrons. The summed E-state index contributed by atoms with van der Waals surface area (Å²) >= 11 is 9.55. The normalized spacial score (nSPS) is 12.2. The van der Waals surface area contributed by atoms with Crippen LogP contribution in [-0.4, -0.2) is 22.7 Å². The van der Waals surface area contributed by atoms with E-state index in [9.17, 15) is 4.79 Å². The van der Waals surface area contributed by atoms with Crippen molar-refractivity contribution in [1.82, 2.24) is 4.98 Å². The summed E-state index contributed by atoms with van der Waals surface area (Å²) in [6.07, 6.45) is 1.71. The van der Waals surface area contributed by atoms with Gasteiger partial charge in [-0.15, -0.1) is 11.3 Å². The second-order valence-corrected chi connectivity index (χ2v) is 10.4. The van der Waals surface area contributed by atoms with Gasteiger partial charge in [-0.25, -0.2) is 9.78 Å². The maximum atomic E-state index is 10.9. The van der Waals surface area contributed by atoms with E-state index in [0.717, 1.165) is 50.3 Å². The summed E-state index contributed by atoms with van der Waals surface area (Å²) < 4.78 is 6.56. The minimum atomic E-state index is -0.977. The van der Waals surface area contributed by atoms with Gasteiger partial charge in [0, 0.05) is 26.8 Å². The van der Waals surface area contributed by atoms with E-state index < -0.39 is 5.97 Å². The second-order valence-electron chi connectivity index (χ2n) is 7.67. The number of aliphatic carboxylic acids is 1. The first kappa shape index (κ1) is 22.0. The molecule has 0 unspecified atom stereocenters. The molecule has 0 saturated carbocycles. The van der Waals surface area contributed by atoms with Gasteiger partial charge in [0.2, 0.25) is 0 Å². The van der Waals surface area contributed by atoms with Crippen LogP contribution in [0.25, 0.3) is 22.4 Å². The van der Waals surface area contributed by atoms with Gasteiger partial charge in [-0.3, -0.25) is 0 Å². The van der Waals surface area contributed by atoms with Crippen LogP contribution >= 0.6 is 34.7 Å². The molecule has 1 heterocycles. The lowest BCUT2D eigenvalue weighted by Gasteiger charge is -2.18. The number of carboxylic acid groups (broad SMARTS) is 1. The Hall–Kier alpha value is -2.80. The molecule has 0 fully saturated rings. The molecule has 0 amide bonds. The van der Waals surface area contributed by atoms with Crippen LogP contribution in [-0.2, 0) is 23.4 Å². The Morgan fingerprint density at radius 1 is 1.03 bits per heavy atom. The molecule has 0 bridgehead atoms. The quantitative estimate of drug-likeness (QED) is 0.281. The third-order valence-electron chi connectivity index (χ3n) is 5.54. The van der Waals surface area contributed by atoms with E-state index in [2.05, 4.69) is 36.4 Å². The minimum absolute atomic E-state index is 0.339. The largest absolute Gasteiger partial charge is 0.482 e. The lowest BCUT2D eigenvalue weighted by atomic mass is 9.93. The van der Waals surface area contributed by atoms with Gasteiger partial charge in [0.25, 0.3) is 0 Å². The summed E-state index contributed by atoms with van der Waals surface area (Å²) in [5, 5.41) is 9.69. The highest BCUT2D eigenvalue weighted by Crippen LogP contribution is 2.43. The molecule has 3 aromatic carbocycles. The fourth-order valence-electron chi connectivity index (χ4n) is 4.03. The zero-order valence-corrected chi connectivity index (χ0v) is 20.0. The van der Waals surface area contributed by atoms with E-state index >= 15 is 0 Å². The number of ether oxygens (including phenoxy) is 1. The molecule has 1 aliphatic carbocycles. The molecule has 33 heavy (non-hydrogen) atoms. The summed E-state index contributed by atoms with van der Waals surface area (Å²) in [5.74, 6) is 0.481. The number of hydrogen-bond donors (Lipinski definition) is 1. The Morgan fingerprint density at radius 2 is 1.82 bits per heavy atom.